The van der Waals surface area contributed by atoms with E-state index in [2.05, 4.69) is 58.8 Å². The Morgan fingerprint density at radius 2 is 1.84 bits per heavy atom. The molecule has 1 aromatic carbocycles. The van der Waals surface area contributed by atoms with Crippen molar-refractivity contribution in [2.45, 2.75) is 108 Å². The first-order valence-electron chi connectivity index (χ1n) is 16.8. The molecular weight excluding hydrogens is 550 g/mol. The van der Waals surface area contributed by atoms with Crippen molar-refractivity contribution in [2.24, 2.45) is 17.8 Å². The Bertz CT molecular complexity index is 1600. The van der Waals surface area contributed by atoms with Gasteiger partial charge in [0.2, 0.25) is 0 Å². The van der Waals surface area contributed by atoms with Crippen LogP contribution < -0.4 is 5.73 Å². The second-order valence-corrected chi connectivity index (χ2v) is 15.1. The highest BCUT2D eigenvalue weighted by molar-refractivity contribution is 5.86. The van der Waals surface area contributed by atoms with E-state index in [4.69, 9.17) is 10.7 Å². The van der Waals surface area contributed by atoms with E-state index in [1.165, 1.54) is 50.4 Å². The lowest BCUT2D eigenvalue weighted by atomic mass is 9.75. The molecule has 236 valence electrons. The second kappa shape index (κ2) is 11.7. The maximum atomic E-state index is 11.2. The Labute approximate surface area is 260 Å². The standard InChI is InChI=1S/C35H49N7O2/c1-35(2,3)24-10-11-27-28(17-24)40-30(39-27)9-5-8-22-14-25(15-22)41(18-21-6-4-7-21)19-23-16-29(32(44)31(23)43)42-13-12-26-33(36)37-20-38-34(26)42/h10-13,17,20-23,25,29,31-32,43-44H,4-9,14-16,18-19H2,1-3H3,(H,39,40)(H2,36,37,38)/t22?,23-,25?,29-,31-,32+/m1/s1. The molecule has 3 fully saturated rings. The lowest BCUT2D eigenvalue weighted by Gasteiger charge is -2.46. The van der Waals surface area contributed by atoms with Gasteiger partial charge in [0.25, 0.3) is 0 Å². The van der Waals surface area contributed by atoms with Crippen LogP contribution in [-0.4, -0.2) is 71.0 Å². The molecule has 5 N–H and O–H groups in total. The number of imidazole rings is 1. The van der Waals surface area contributed by atoms with Crippen LogP contribution in [0.5, 0.6) is 0 Å². The molecule has 3 aliphatic rings. The number of nitrogens with two attached hydrogens (primary N) is 1. The molecule has 3 heterocycles. The van der Waals surface area contributed by atoms with Gasteiger partial charge in [-0.1, -0.05) is 33.3 Å². The fourth-order valence-electron chi connectivity index (χ4n) is 7.94. The SMILES string of the molecule is CC(C)(C)c1ccc2nc(CCCC3CC(N(CC4CCC4)C[C@H]4C[C@@H](n5ccc6c(N)ncnc65)[C@H](O)[C@@H]4O)C3)[nH]c2c1. The van der Waals surface area contributed by atoms with E-state index < -0.39 is 12.2 Å². The number of aryl methyl sites for hydroxylation is 1. The van der Waals surface area contributed by atoms with Crippen LogP contribution in [0.3, 0.4) is 0 Å². The quantitative estimate of drug-likeness (QED) is 0.193. The predicted octanol–water partition coefficient (Wildman–Crippen LogP) is 5.37. The summed E-state index contributed by atoms with van der Waals surface area (Å²) in [5, 5.41) is 23.1. The first kappa shape index (κ1) is 29.7. The number of aromatic nitrogens is 5. The Morgan fingerprint density at radius 1 is 1.02 bits per heavy atom. The number of fused-ring (bicyclic) bond motifs is 2. The van der Waals surface area contributed by atoms with E-state index in [9.17, 15) is 10.2 Å². The molecular formula is C35H49N7O2. The fourth-order valence-corrected chi connectivity index (χ4v) is 7.94. The smallest absolute Gasteiger partial charge is 0.145 e. The number of nitrogens with zero attached hydrogens (tertiary/aromatic N) is 5. The van der Waals surface area contributed by atoms with Gasteiger partial charge in [-0.15, -0.1) is 0 Å². The number of nitrogen functional groups attached to an aromatic ring is 1. The van der Waals surface area contributed by atoms with Gasteiger partial charge >= 0.3 is 0 Å². The third-order valence-electron chi connectivity index (χ3n) is 11.0. The predicted molar refractivity (Wildman–Crippen MR) is 174 cm³/mol. The van der Waals surface area contributed by atoms with Crippen LogP contribution in [0.2, 0.25) is 0 Å². The Hall–Kier alpha value is -3.01. The summed E-state index contributed by atoms with van der Waals surface area (Å²) in [6.45, 7) is 8.71. The minimum Gasteiger partial charge on any atom is -0.390 e. The maximum Gasteiger partial charge on any atom is 0.145 e. The van der Waals surface area contributed by atoms with Crippen LogP contribution >= 0.6 is 0 Å². The van der Waals surface area contributed by atoms with Crippen LogP contribution in [0.25, 0.3) is 22.1 Å². The Balaban J connectivity index is 0.947. The first-order chi connectivity index (χ1) is 21.1. The van der Waals surface area contributed by atoms with Crippen LogP contribution in [0, 0.1) is 17.8 Å². The van der Waals surface area contributed by atoms with E-state index in [1.807, 2.05) is 16.8 Å². The highest BCUT2D eigenvalue weighted by atomic mass is 16.3. The van der Waals surface area contributed by atoms with Gasteiger partial charge < -0.3 is 25.5 Å². The van der Waals surface area contributed by atoms with Gasteiger partial charge in [-0.2, -0.15) is 0 Å². The number of aliphatic hydroxyl groups is 2. The van der Waals surface area contributed by atoms with E-state index in [0.29, 0.717) is 11.9 Å². The average molecular weight is 600 g/mol. The Morgan fingerprint density at radius 3 is 2.59 bits per heavy atom. The van der Waals surface area contributed by atoms with Crippen LogP contribution in [0.15, 0.2) is 36.8 Å². The van der Waals surface area contributed by atoms with Gasteiger partial charge in [-0.05, 0) is 86.0 Å². The van der Waals surface area contributed by atoms with Gasteiger partial charge in [0.1, 0.15) is 29.7 Å². The van der Waals surface area contributed by atoms with E-state index in [1.54, 1.807) is 0 Å². The van der Waals surface area contributed by atoms with Crippen molar-refractivity contribution in [3.8, 4) is 0 Å². The molecule has 3 aromatic heterocycles. The molecule has 7 rings (SSSR count). The van der Waals surface area contributed by atoms with Gasteiger partial charge in [-0.3, -0.25) is 4.90 Å². The molecule has 0 spiro atoms. The van der Waals surface area contributed by atoms with Gasteiger partial charge in [-0.25, -0.2) is 15.0 Å². The molecule has 3 aliphatic carbocycles. The van der Waals surface area contributed by atoms with E-state index in [-0.39, 0.29) is 17.4 Å². The van der Waals surface area contributed by atoms with E-state index >= 15 is 0 Å². The zero-order valence-electron chi connectivity index (χ0n) is 26.5. The maximum absolute atomic E-state index is 11.2. The number of hydrogen-bond donors (Lipinski definition) is 4. The molecule has 4 aromatic rings. The zero-order valence-corrected chi connectivity index (χ0v) is 26.5. The molecule has 3 saturated carbocycles. The topological polar surface area (TPSA) is 129 Å². The molecule has 0 unspecified atom stereocenters. The fraction of sp³-hybridized carbons (Fsp3) is 0.629. The normalized spacial score (nSPS) is 27.8. The number of hydrogen-bond acceptors (Lipinski definition) is 7. The number of anilines is 1. The number of nitrogens with one attached hydrogen (secondary N) is 1. The third kappa shape index (κ3) is 5.74. The number of rotatable bonds is 10. The number of aliphatic hydroxyl groups excluding tert-OH is 2. The van der Waals surface area contributed by atoms with Crippen LogP contribution in [0.1, 0.15) is 89.6 Å². The highest BCUT2D eigenvalue weighted by Crippen LogP contribution is 2.42. The summed E-state index contributed by atoms with van der Waals surface area (Å²) >= 11 is 0. The minimum atomic E-state index is -0.829. The van der Waals surface area contributed by atoms with Crippen molar-refractivity contribution in [1.82, 2.24) is 29.4 Å². The first-order valence-corrected chi connectivity index (χ1v) is 16.8. The summed E-state index contributed by atoms with van der Waals surface area (Å²) in [4.78, 5) is 19.6. The monoisotopic (exact) mass is 599 g/mol. The van der Waals surface area contributed by atoms with Crippen molar-refractivity contribution in [1.29, 1.82) is 0 Å². The molecule has 44 heavy (non-hydrogen) atoms. The van der Waals surface area contributed by atoms with Crippen molar-refractivity contribution >= 4 is 27.9 Å². The minimum absolute atomic E-state index is 0.0256. The van der Waals surface area contributed by atoms with Gasteiger partial charge in [0.15, 0.2) is 0 Å². The summed E-state index contributed by atoms with van der Waals surface area (Å²) in [7, 11) is 0. The number of H-pyrrole nitrogens is 1. The molecule has 4 atom stereocenters. The second-order valence-electron chi connectivity index (χ2n) is 15.1. The van der Waals surface area contributed by atoms with E-state index in [0.717, 1.165) is 72.1 Å². The number of aromatic amines is 1. The van der Waals surface area contributed by atoms with Crippen molar-refractivity contribution < 1.29 is 10.2 Å². The van der Waals surface area contributed by atoms with Crippen molar-refractivity contribution in [3.05, 3.63) is 48.2 Å². The summed E-state index contributed by atoms with van der Waals surface area (Å²) in [5.74, 6) is 3.09. The third-order valence-corrected chi connectivity index (χ3v) is 11.0. The van der Waals surface area contributed by atoms with Crippen LogP contribution in [-0.2, 0) is 11.8 Å². The number of benzene rings is 1. The Kier molecular flexibility index (Phi) is 7.91. The molecule has 0 amide bonds. The van der Waals surface area contributed by atoms with Crippen molar-refractivity contribution in [2.75, 3.05) is 18.8 Å². The molecule has 0 aliphatic heterocycles. The summed E-state index contributed by atoms with van der Waals surface area (Å²) in [5.41, 5.74) is 10.5. The molecule has 0 saturated heterocycles. The van der Waals surface area contributed by atoms with Crippen molar-refractivity contribution in [3.63, 3.8) is 0 Å². The highest BCUT2D eigenvalue weighted by Gasteiger charge is 2.45. The van der Waals surface area contributed by atoms with Crippen LogP contribution in [0.4, 0.5) is 5.82 Å². The molecule has 9 nitrogen and oxygen atoms in total. The lowest BCUT2D eigenvalue weighted by Crippen LogP contribution is -2.50. The molecule has 0 radical (unpaired) electrons. The summed E-state index contributed by atoms with van der Waals surface area (Å²) in [6.07, 6.45) is 12.3. The summed E-state index contributed by atoms with van der Waals surface area (Å²) in [6, 6.07) is 8.87. The lowest BCUT2D eigenvalue weighted by molar-refractivity contribution is -0.0170. The molecule has 0 bridgehead atoms. The zero-order chi connectivity index (χ0) is 30.6. The average Bonchev–Trinajstić information content (AvgIpc) is 3.63. The van der Waals surface area contributed by atoms with Gasteiger partial charge in [0, 0.05) is 37.7 Å². The molecule has 9 heteroatoms. The summed E-state index contributed by atoms with van der Waals surface area (Å²) < 4.78 is 1.99. The van der Waals surface area contributed by atoms with Gasteiger partial charge in [0.05, 0.1) is 28.6 Å². The largest absolute Gasteiger partial charge is 0.390 e.